The van der Waals surface area contributed by atoms with Crippen molar-refractivity contribution in [1.29, 1.82) is 0 Å². The largest absolute Gasteiger partial charge is 0.383 e. The van der Waals surface area contributed by atoms with E-state index in [9.17, 15) is 14.4 Å². The third-order valence-electron chi connectivity index (χ3n) is 3.14. The number of rotatable bonds is 6. The maximum Gasteiger partial charge on any atom is 0.254 e. The topological polar surface area (TPSA) is 78.5 Å². The molecule has 0 spiro atoms. The van der Waals surface area contributed by atoms with E-state index in [0.29, 0.717) is 13.1 Å². The molecular weight excluding hydrogens is 270 g/mol. The highest BCUT2D eigenvalue weighted by Crippen LogP contribution is 2.09. The fourth-order valence-corrected chi connectivity index (χ4v) is 2.01. The normalized spacial score (nSPS) is 15.2. The molecule has 21 heavy (non-hydrogen) atoms. The molecule has 6 nitrogen and oxygen atoms in total. The van der Waals surface area contributed by atoms with Crippen LogP contribution in [0.25, 0.3) is 0 Å². The molecule has 1 aliphatic heterocycles. The van der Waals surface area contributed by atoms with E-state index < -0.39 is 17.9 Å². The van der Waals surface area contributed by atoms with E-state index in [-0.39, 0.29) is 5.91 Å². The fraction of sp³-hybridized carbons (Fsp3) is 0.267. The third-order valence-corrected chi connectivity index (χ3v) is 3.14. The van der Waals surface area contributed by atoms with Crippen LogP contribution in [0.3, 0.4) is 0 Å². The molecule has 0 aliphatic carbocycles. The van der Waals surface area contributed by atoms with Gasteiger partial charge in [-0.25, -0.2) is 0 Å². The van der Waals surface area contributed by atoms with Crippen LogP contribution >= 0.6 is 0 Å². The van der Waals surface area contributed by atoms with Crippen molar-refractivity contribution in [3.05, 3.63) is 42.5 Å². The fourth-order valence-electron chi connectivity index (χ4n) is 2.01. The summed E-state index contributed by atoms with van der Waals surface area (Å²) in [4.78, 5) is 35.8. The van der Waals surface area contributed by atoms with Gasteiger partial charge >= 0.3 is 0 Å². The smallest absolute Gasteiger partial charge is 0.254 e. The van der Waals surface area contributed by atoms with Crippen molar-refractivity contribution in [3.63, 3.8) is 0 Å². The van der Waals surface area contributed by atoms with Gasteiger partial charge in [-0.05, 0) is 19.1 Å². The molecule has 0 unspecified atom stereocenters. The summed E-state index contributed by atoms with van der Waals surface area (Å²) in [6.45, 7) is 2.49. The average molecular weight is 287 g/mol. The average Bonchev–Trinajstić information content (AvgIpc) is 2.83. The van der Waals surface area contributed by atoms with Crippen molar-refractivity contribution in [2.75, 3.05) is 18.4 Å². The Morgan fingerprint density at radius 3 is 2.33 bits per heavy atom. The Hall–Kier alpha value is -2.63. The summed E-state index contributed by atoms with van der Waals surface area (Å²) < 4.78 is 0. The first-order valence-corrected chi connectivity index (χ1v) is 6.71. The highest BCUT2D eigenvalue weighted by Gasteiger charge is 2.32. The molecule has 1 aliphatic rings. The van der Waals surface area contributed by atoms with Gasteiger partial charge in [0, 0.05) is 30.9 Å². The Bertz CT molecular complexity index is 551. The van der Waals surface area contributed by atoms with E-state index in [0.717, 1.165) is 10.6 Å². The first-order chi connectivity index (χ1) is 10.1. The van der Waals surface area contributed by atoms with E-state index in [2.05, 4.69) is 10.6 Å². The predicted molar refractivity (Wildman–Crippen MR) is 78.4 cm³/mol. The highest BCUT2D eigenvalue weighted by atomic mass is 16.2. The molecule has 0 saturated carbocycles. The standard InChI is InChI=1S/C15H17N3O3/c1-11(18-13(19)7-8-14(18)20)15(21)17-10-9-16-12-5-3-2-4-6-12/h2-8,11,16H,9-10H2,1H3,(H,17,21)/t11-/m1/s1. The Labute approximate surface area is 122 Å². The van der Waals surface area contributed by atoms with Crippen LogP contribution < -0.4 is 10.6 Å². The van der Waals surface area contributed by atoms with Crippen LogP contribution in [0.2, 0.25) is 0 Å². The van der Waals surface area contributed by atoms with Crippen LogP contribution in [0.15, 0.2) is 42.5 Å². The molecule has 2 N–H and O–H groups in total. The lowest BCUT2D eigenvalue weighted by atomic mass is 10.2. The molecule has 1 aromatic carbocycles. The molecule has 1 aromatic rings. The summed E-state index contributed by atoms with van der Waals surface area (Å²) >= 11 is 0. The van der Waals surface area contributed by atoms with Gasteiger partial charge in [-0.15, -0.1) is 0 Å². The molecule has 0 bridgehead atoms. The number of hydrogen-bond acceptors (Lipinski definition) is 4. The van der Waals surface area contributed by atoms with E-state index >= 15 is 0 Å². The zero-order valence-corrected chi connectivity index (χ0v) is 11.7. The first-order valence-electron chi connectivity index (χ1n) is 6.71. The van der Waals surface area contributed by atoms with Gasteiger partial charge in [0.15, 0.2) is 0 Å². The van der Waals surface area contributed by atoms with Crippen molar-refractivity contribution in [3.8, 4) is 0 Å². The summed E-state index contributed by atoms with van der Waals surface area (Å²) in [5.74, 6) is -1.26. The molecule has 6 heteroatoms. The maximum absolute atomic E-state index is 11.9. The van der Waals surface area contributed by atoms with Crippen molar-refractivity contribution in [1.82, 2.24) is 10.2 Å². The predicted octanol–water partition coefficient (Wildman–Crippen LogP) is 0.528. The van der Waals surface area contributed by atoms with Crippen molar-refractivity contribution in [2.24, 2.45) is 0 Å². The lowest BCUT2D eigenvalue weighted by molar-refractivity contribution is -0.144. The molecule has 1 heterocycles. The number of amides is 3. The molecule has 3 amide bonds. The second-order valence-electron chi connectivity index (χ2n) is 4.64. The molecule has 0 aromatic heterocycles. The maximum atomic E-state index is 11.9. The molecule has 0 saturated heterocycles. The number of imide groups is 1. The second kappa shape index (κ2) is 6.69. The number of para-hydroxylation sites is 1. The van der Waals surface area contributed by atoms with Crippen LogP contribution in [0, 0.1) is 0 Å². The Morgan fingerprint density at radius 2 is 1.71 bits per heavy atom. The van der Waals surface area contributed by atoms with Gasteiger partial charge in [0.25, 0.3) is 11.8 Å². The van der Waals surface area contributed by atoms with Gasteiger partial charge in [0.05, 0.1) is 0 Å². The Kier molecular flexibility index (Phi) is 4.71. The van der Waals surface area contributed by atoms with Gasteiger partial charge in [0.2, 0.25) is 5.91 Å². The Morgan fingerprint density at radius 1 is 1.10 bits per heavy atom. The molecule has 0 fully saturated rings. The quantitative estimate of drug-likeness (QED) is 0.591. The van der Waals surface area contributed by atoms with Crippen molar-refractivity contribution in [2.45, 2.75) is 13.0 Å². The number of nitrogens with one attached hydrogen (secondary N) is 2. The summed E-state index contributed by atoms with van der Waals surface area (Å²) in [7, 11) is 0. The van der Waals surface area contributed by atoms with E-state index in [4.69, 9.17) is 0 Å². The third kappa shape index (κ3) is 3.68. The number of hydrogen-bond donors (Lipinski definition) is 2. The number of carbonyl (C=O) groups is 3. The van der Waals surface area contributed by atoms with Crippen LogP contribution in [0.4, 0.5) is 5.69 Å². The van der Waals surface area contributed by atoms with E-state index in [1.165, 1.54) is 19.1 Å². The van der Waals surface area contributed by atoms with Crippen LogP contribution in [0.1, 0.15) is 6.92 Å². The SMILES string of the molecule is C[C@H](C(=O)NCCNc1ccccc1)N1C(=O)C=CC1=O. The van der Waals surface area contributed by atoms with Gasteiger partial charge < -0.3 is 10.6 Å². The second-order valence-corrected chi connectivity index (χ2v) is 4.64. The Balaban J connectivity index is 1.74. The van der Waals surface area contributed by atoms with Crippen LogP contribution in [-0.4, -0.2) is 41.8 Å². The minimum absolute atomic E-state index is 0.352. The molecule has 0 radical (unpaired) electrons. The summed E-state index contributed by atoms with van der Waals surface area (Å²) in [6, 6.07) is 8.81. The lowest BCUT2D eigenvalue weighted by Crippen LogP contribution is -2.48. The minimum Gasteiger partial charge on any atom is -0.383 e. The highest BCUT2D eigenvalue weighted by molar-refractivity contribution is 6.15. The summed E-state index contributed by atoms with van der Waals surface area (Å²) in [5, 5.41) is 5.85. The number of anilines is 1. The molecule has 110 valence electrons. The molecule has 1 atom stereocenters. The monoisotopic (exact) mass is 287 g/mol. The van der Waals surface area contributed by atoms with E-state index in [1.807, 2.05) is 30.3 Å². The minimum atomic E-state index is -0.809. The van der Waals surface area contributed by atoms with Crippen molar-refractivity contribution < 1.29 is 14.4 Å². The number of benzene rings is 1. The number of nitrogens with zero attached hydrogens (tertiary/aromatic N) is 1. The number of carbonyl (C=O) groups excluding carboxylic acids is 3. The first kappa shape index (κ1) is 14.8. The summed E-state index contributed by atoms with van der Waals surface area (Å²) in [6.07, 6.45) is 2.34. The van der Waals surface area contributed by atoms with Gasteiger partial charge in [-0.2, -0.15) is 0 Å². The van der Waals surface area contributed by atoms with E-state index in [1.54, 1.807) is 0 Å². The van der Waals surface area contributed by atoms with Crippen molar-refractivity contribution >= 4 is 23.4 Å². The zero-order chi connectivity index (χ0) is 15.2. The van der Waals surface area contributed by atoms with Crippen LogP contribution in [0.5, 0.6) is 0 Å². The van der Waals surface area contributed by atoms with Gasteiger partial charge in [-0.3, -0.25) is 19.3 Å². The molecular formula is C15H17N3O3. The van der Waals surface area contributed by atoms with Gasteiger partial charge in [-0.1, -0.05) is 18.2 Å². The summed E-state index contributed by atoms with van der Waals surface area (Å²) in [5.41, 5.74) is 0.967. The van der Waals surface area contributed by atoms with Gasteiger partial charge in [0.1, 0.15) is 6.04 Å². The van der Waals surface area contributed by atoms with Crippen LogP contribution in [-0.2, 0) is 14.4 Å². The zero-order valence-electron chi connectivity index (χ0n) is 11.7. The lowest BCUT2D eigenvalue weighted by Gasteiger charge is -2.21. The molecule has 2 rings (SSSR count).